The van der Waals surface area contributed by atoms with E-state index in [1.165, 1.54) is 42.0 Å². The molecule has 318 valence electrons. The number of pyridine rings is 1. The zero-order valence-electron chi connectivity index (χ0n) is 32.3. The summed E-state index contributed by atoms with van der Waals surface area (Å²) in [6, 6.07) is 20.9. The summed E-state index contributed by atoms with van der Waals surface area (Å²) in [4.78, 5) is 53.6. The maximum Gasteiger partial charge on any atom is 0.490 e. The van der Waals surface area contributed by atoms with Crippen molar-refractivity contribution in [3.05, 3.63) is 102 Å². The number of nitrogens with zero attached hydrogens (tertiary/aromatic N) is 4. The predicted molar refractivity (Wildman–Crippen MR) is 207 cm³/mol. The minimum atomic E-state index is -5.08. The van der Waals surface area contributed by atoms with E-state index in [1.54, 1.807) is 31.3 Å². The summed E-state index contributed by atoms with van der Waals surface area (Å²) < 4.78 is 87.2. The highest BCUT2D eigenvalue weighted by Crippen LogP contribution is 2.35. The Morgan fingerprint density at radius 1 is 0.950 bits per heavy atom. The van der Waals surface area contributed by atoms with Gasteiger partial charge in [0, 0.05) is 36.4 Å². The van der Waals surface area contributed by atoms with Gasteiger partial charge in [0.25, 0.3) is 5.95 Å². The van der Waals surface area contributed by atoms with E-state index in [2.05, 4.69) is 15.4 Å². The fourth-order valence-electron chi connectivity index (χ4n) is 5.98. The second-order valence-corrected chi connectivity index (χ2v) is 15.5. The third-order valence-corrected chi connectivity index (χ3v) is 10.5. The molecule has 60 heavy (non-hydrogen) atoms. The molecular formula is C40H39F4N5O10S. The largest absolute Gasteiger partial charge is 0.495 e. The van der Waals surface area contributed by atoms with Crippen LogP contribution in [0.4, 0.5) is 34.0 Å². The molecule has 3 aromatic carbocycles. The number of methoxy groups -OCH3 is 1. The summed E-state index contributed by atoms with van der Waals surface area (Å²) in [5, 5.41) is 14.8. The number of aromatic nitrogens is 3. The van der Waals surface area contributed by atoms with E-state index in [-0.39, 0.29) is 52.1 Å². The van der Waals surface area contributed by atoms with Crippen LogP contribution in [-0.4, -0.2) is 91.4 Å². The number of piperidine rings is 1. The number of halogens is 4. The Bertz CT molecular complexity index is 2460. The third-order valence-electron chi connectivity index (χ3n) is 9.34. The number of esters is 1. The van der Waals surface area contributed by atoms with Crippen molar-refractivity contribution in [1.29, 1.82) is 0 Å². The zero-order valence-corrected chi connectivity index (χ0v) is 33.1. The second-order valence-electron chi connectivity index (χ2n) is 13.5. The fraction of sp³-hybridized carbons (Fsp3) is 0.300. The van der Waals surface area contributed by atoms with Crippen LogP contribution in [0.25, 0.3) is 16.8 Å². The molecular weight excluding hydrogens is 819 g/mol. The molecule has 0 radical (unpaired) electrons. The Morgan fingerprint density at radius 3 is 2.18 bits per heavy atom. The van der Waals surface area contributed by atoms with Gasteiger partial charge in [0.1, 0.15) is 17.3 Å². The number of sulfone groups is 1. The Morgan fingerprint density at radius 2 is 1.58 bits per heavy atom. The lowest BCUT2D eigenvalue weighted by molar-refractivity contribution is -0.192. The number of carboxylic acids is 1. The van der Waals surface area contributed by atoms with Gasteiger partial charge in [-0.3, -0.25) is 9.59 Å². The number of nitrogens with one attached hydrogen (secondary N) is 1. The van der Waals surface area contributed by atoms with Crippen molar-refractivity contribution in [2.24, 2.45) is 5.92 Å². The number of benzene rings is 3. The van der Waals surface area contributed by atoms with Crippen LogP contribution < -0.4 is 15.0 Å². The highest BCUT2D eigenvalue weighted by Gasteiger charge is 2.38. The summed E-state index contributed by atoms with van der Waals surface area (Å²) in [6.07, 6.45) is -1.88. The lowest BCUT2D eigenvalue weighted by Crippen LogP contribution is -2.34. The number of anilines is 2. The SMILES string of the molecule is COc1cc(S(C)(=O)=O)ccc1N(C(=O)OCOC(=O)C1CCNCC1)c1nc2ccc(-c3ccc(CC(=O)[C@H](C)c4ccc(F)cc4)cc3)cn2n1.O=C(O)C(F)(F)F. The first kappa shape index (κ1) is 44.7. The van der Waals surface area contributed by atoms with Crippen LogP contribution in [0.3, 0.4) is 0 Å². The normalized spacial score (nSPS) is 13.7. The van der Waals surface area contributed by atoms with Gasteiger partial charge in [-0.1, -0.05) is 43.3 Å². The second kappa shape index (κ2) is 19.1. The molecule has 5 aromatic rings. The van der Waals surface area contributed by atoms with E-state index in [4.69, 9.17) is 24.1 Å². The summed E-state index contributed by atoms with van der Waals surface area (Å²) in [6.45, 7) is 2.51. The average molecular weight is 858 g/mol. The number of alkyl halides is 3. The number of fused-ring (bicyclic) bond motifs is 1. The average Bonchev–Trinajstić information content (AvgIpc) is 3.64. The number of hydrogen-bond donors (Lipinski definition) is 2. The molecule has 0 bridgehead atoms. The number of amides is 1. The number of carbonyl (C=O) groups excluding carboxylic acids is 3. The molecule has 0 aliphatic carbocycles. The highest BCUT2D eigenvalue weighted by molar-refractivity contribution is 7.90. The molecule has 0 saturated carbocycles. The molecule has 0 unspecified atom stereocenters. The van der Waals surface area contributed by atoms with E-state index >= 15 is 0 Å². The quantitative estimate of drug-likeness (QED) is 0.0810. The van der Waals surface area contributed by atoms with Crippen LogP contribution in [0.15, 0.2) is 90.0 Å². The molecule has 3 heterocycles. The van der Waals surface area contributed by atoms with Crippen LogP contribution in [0.5, 0.6) is 5.75 Å². The number of Topliss-reactive ketones (excluding diaryl/α,β-unsaturated/α-hetero) is 1. The van der Waals surface area contributed by atoms with E-state index in [9.17, 15) is 40.4 Å². The van der Waals surface area contributed by atoms with Crippen molar-refractivity contribution in [3.63, 3.8) is 0 Å². The van der Waals surface area contributed by atoms with Gasteiger partial charge in [0.2, 0.25) is 6.79 Å². The van der Waals surface area contributed by atoms with Crippen molar-refractivity contribution in [2.75, 3.05) is 38.1 Å². The van der Waals surface area contributed by atoms with E-state index in [0.717, 1.165) is 33.4 Å². The van der Waals surface area contributed by atoms with Crippen molar-refractivity contribution in [2.45, 2.75) is 43.2 Å². The van der Waals surface area contributed by atoms with Gasteiger partial charge in [-0.25, -0.2) is 31.8 Å². The molecule has 1 fully saturated rings. The zero-order chi connectivity index (χ0) is 43.8. The first-order valence-corrected chi connectivity index (χ1v) is 20.0. The lowest BCUT2D eigenvalue weighted by atomic mass is 9.92. The summed E-state index contributed by atoms with van der Waals surface area (Å²) in [5.41, 5.74) is 3.63. The van der Waals surface area contributed by atoms with Gasteiger partial charge in [0.05, 0.1) is 23.6 Å². The van der Waals surface area contributed by atoms with Gasteiger partial charge in [-0.05, 0) is 79.0 Å². The van der Waals surface area contributed by atoms with E-state index in [1.807, 2.05) is 30.3 Å². The van der Waals surface area contributed by atoms with Gasteiger partial charge in [-0.15, -0.1) is 5.10 Å². The number of ether oxygens (including phenoxy) is 3. The lowest BCUT2D eigenvalue weighted by Gasteiger charge is -2.22. The van der Waals surface area contributed by atoms with Crippen molar-refractivity contribution < 1.29 is 64.5 Å². The third kappa shape index (κ3) is 11.4. The van der Waals surface area contributed by atoms with Crippen LogP contribution in [-0.2, 0) is 40.1 Å². The molecule has 1 aliphatic heterocycles. The van der Waals surface area contributed by atoms with Crippen LogP contribution in [0, 0.1) is 11.7 Å². The topological polar surface area (TPSA) is 196 Å². The summed E-state index contributed by atoms with van der Waals surface area (Å²) in [5.74, 6) is -4.36. The number of hydrogen-bond acceptors (Lipinski definition) is 12. The number of ketones is 1. The number of aliphatic carboxylic acids is 1. The van der Waals surface area contributed by atoms with Crippen LogP contribution in [0.2, 0.25) is 0 Å². The molecule has 1 aliphatic rings. The Kier molecular flexibility index (Phi) is 14.2. The van der Waals surface area contributed by atoms with Crippen LogP contribution in [0.1, 0.15) is 36.8 Å². The van der Waals surface area contributed by atoms with Gasteiger partial charge < -0.3 is 24.6 Å². The summed E-state index contributed by atoms with van der Waals surface area (Å²) >= 11 is 0. The van der Waals surface area contributed by atoms with Crippen LogP contribution >= 0.6 is 0 Å². The van der Waals surface area contributed by atoms with Crippen molar-refractivity contribution in [3.8, 4) is 16.9 Å². The van der Waals surface area contributed by atoms with Gasteiger partial charge in [-0.2, -0.15) is 18.2 Å². The minimum absolute atomic E-state index is 0.00604. The summed E-state index contributed by atoms with van der Waals surface area (Å²) in [7, 11) is -2.29. The smallest absolute Gasteiger partial charge is 0.490 e. The number of carboxylic acid groups (broad SMARTS) is 1. The molecule has 1 atom stereocenters. The first-order valence-electron chi connectivity index (χ1n) is 18.1. The minimum Gasteiger partial charge on any atom is -0.495 e. The highest BCUT2D eigenvalue weighted by atomic mass is 32.2. The van der Waals surface area contributed by atoms with Crippen molar-refractivity contribution in [1.82, 2.24) is 19.9 Å². The first-order chi connectivity index (χ1) is 28.3. The maximum absolute atomic E-state index is 13.7. The van der Waals surface area contributed by atoms with E-state index < -0.39 is 40.8 Å². The Balaban J connectivity index is 0.000000896. The number of rotatable bonds is 12. The monoisotopic (exact) mass is 857 g/mol. The fourth-order valence-corrected chi connectivity index (χ4v) is 6.62. The molecule has 15 nitrogen and oxygen atoms in total. The van der Waals surface area contributed by atoms with Crippen molar-refractivity contribution >= 4 is 50.9 Å². The molecule has 1 amide bonds. The maximum atomic E-state index is 13.7. The molecule has 2 aromatic heterocycles. The predicted octanol–water partition coefficient (Wildman–Crippen LogP) is 6.27. The molecule has 0 spiro atoms. The van der Waals surface area contributed by atoms with Gasteiger partial charge >= 0.3 is 24.2 Å². The molecule has 2 N–H and O–H groups in total. The molecule has 20 heteroatoms. The Hall–Kier alpha value is -6.41. The molecule has 1 saturated heterocycles. The standard InChI is InChI=1S/C38H38FN5O8S.C2HF3O2/c1-24(26-8-11-30(39)12-9-26)33(45)20-25-4-6-27(7-5-25)29-10-15-35-41-37(42-43(35)22-29)44(32-14-13-31(53(3,48)49)21-34(32)50-2)38(47)52-23-51-36(46)28-16-18-40-19-17-28;3-2(4,5)1(6)7/h4-15,21-22,24,28,40H,16-20,23H2,1-3H3;(H,6,7)/t24-;/m1./s1. The number of carbonyl (C=O) groups is 4. The van der Waals surface area contributed by atoms with Gasteiger partial charge in [0.15, 0.2) is 15.5 Å². The van der Waals surface area contributed by atoms with E-state index in [0.29, 0.717) is 31.6 Å². The Labute approximate surface area is 340 Å². The molecule has 6 rings (SSSR count).